The molecule has 1 fully saturated rings. The number of guanidine groups is 1. The molecular weight excluding hydrogens is 348 g/mol. The predicted molar refractivity (Wildman–Crippen MR) is 114 cm³/mol. The molecule has 146 valence electrons. The highest BCUT2D eigenvalue weighted by molar-refractivity contribution is 5.83. The van der Waals surface area contributed by atoms with Crippen LogP contribution in [0.4, 0.5) is 0 Å². The number of nitrogens with two attached hydrogens (primary N) is 1. The summed E-state index contributed by atoms with van der Waals surface area (Å²) in [5.74, 6) is 1.43. The van der Waals surface area contributed by atoms with Gasteiger partial charge in [-0.15, -0.1) is 0 Å². The van der Waals surface area contributed by atoms with Crippen LogP contribution < -0.4 is 11.1 Å². The Kier molecular flexibility index (Phi) is 5.63. The first kappa shape index (κ1) is 18.6. The lowest BCUT2D eigenvalue weighted by Gasteiger charge is -2.32. The van der Waals surface area contributed by atoms with Gasteiger partial charge in [-0.25, -0.2) is 4.99 Å². The maximum absolute atomic E-state index is 6.17. The van der Waals surface area contributed by atoms with Crippen LogP contribution in [0.15, 0.2) is 64.0 Å². The number of hydrogen-bond donors (Lipinski definition) is 2. The minimum absolute atomic E-state index is 0.387. The molecule has 3 aromatic rings. The normalized spacial score (nSPS) is 16.5. The second-order valence-corrected chi connectivity index (χ2v) is 7.51. The van der Waals surface area contributed by atoms with Crippen LogP contribution in [0.5, 0.6) is 0 Å². The van der Waals surface area contributed by atoms with Crippen molar-refractivity contribution < 1.29 is 4.42 Å². The van der Waals surface area contributed by atoms with E-state index in [1.807, 2.05) is 25.1 Å². The standard InChI is InChI=1S/C23H28N4O/c1-17-21(20-9-5-6-10-22(20)28-17)15-25-23(24)26-19-11-13-27(14-12-19)16-18-7-3-2-4-8-18/h2-10,19H,11-16H2,1H3,(H3,24,25,26). The molecule has 2 aromatic carbocycles. The first-order valence-electron chi connectivity index (χ1n) is 9.99. The van der Waals surface area contributed by atoms with E-state index >= 15 is 0 Å². The minimum Gasteiger partial charge on any atom is -0.461 e. The lowest BCUT2D eigenvalue weighted by atomic mass is 10.0. The van der Waals surface area contributed by atoms with Crippen molar-refractivity contribution in [3.63, 3.8) is 0 Å². The molecule has 2 heterocycles. The van der Waals surface area contributed by atoms with Crippen molar-refractivity contribution >= 4 is 16.9 Å². The molecule has 0 atom stereocenters. The van der Waals surface area contributed by atoms with Gasteiger partial charge in [0.25, 0.3) is 0 Å². The highest BCUT2D eigenvalue weighted by Crippen LogP contribution is 2.25. The summed E-state index contributed by atoms with van der Waals surface area (Å²) >= 11 is 0. The zero-order valence-electron chi connectivity index (χ0n) is 16.4. The zero-order chi connectivity index (χ0) is 19.3. The average Bonchev–Trinajstić information content (AvgIpc) is 3.04. The number of aliphatic imine (C=N–C) groups is 1. The molecule has 3 N–H and O–H groups in total. The van der Waals surface area contributed by atoms with E-state index in [2.05, 4.69) is 51.6 Å². The number of rotatable bonds is 5. The van der Waals surface area contributed by atoms with Crippen LogP contribution in [0.1, 0.15) is 29.7 Å². The van der Waals surface area contributed by atoms with Gasteiger partial charge >= 0.3 is 0 Å². The molecule has 0 bridgehead atoms. The smallest absolute Gasteiger partial charge is 0.189 e. The van der Waals surface area contributed by atoms with Crippen molar-refractivity contribution in [2.45, 2.75) is 38.9 Å². The van der Waals surface area contributed by atoms with Crippen molar-refractivity contribution in [3.05, 3.63) is 71.5 Å². The van der Waals surface area contributed by atoms with Crippen molar-refractivity contribution in [2.75, 3.05) is 13.1 Å². The Labute approximate surface area is 166 Å². The third-order valence-corrected chi connectivity index (χ3v) is 5.50. The fourth-order valence-corrected chi connectivity index (χ4v) is 3.91. The maximum Gasteiger partial charge on any atom is 0.189 e. The van der Waals surface area contributed by atoms with Crippen LogP contribution in [0.25, 0.3) is 11.0 Å². The third kappa shape index (κ3) is 4.37. The van der Waals surface area contributed by atoms with Crippen molar-refractivity contribution in [1.82, 2.24) is 10.2 Å². The Morgan fingerprint density at radius 1 is 1.11 bits per heavy atom. The Morgan fingerprint density at radius 2 is 1.82 bits per heavy atom. The molecule has 1 aliphatic rings. The molecule has 4 rings (SSSR count). The molecule has 0 radical (unpaired) electrons. The molecule has 5 nitrogen and oxygen atoms in total. The number of piperidine rings is 1. The zero-order valence-corrected chi connectivity index (χ0v) is 16.4. The summed E-state index contributed by atoms with van der Waals surface area (Å²) < 4.78 is 5.81. The highest BCUT2D eigenvalue weighted by Gasteiger charge is 2.19. The first-order valence-corrected chi connectivity index (χ1v) is 9.99. The van der Waals surface area contributed by atoms with Gasteiger partial charge in [-0.1, -0.05) is 48.5 Å². The quantitative estimate of drug-likeness (QED) is 0.525. The predicted octanol–water partition coefficient (Wildman–Crippen LogP) is 3.81. The van der Waals surface area contributed by atoms with Gasteiger partial charge < -0.3 is 15.5 Å². The number of hydrogen-bond acceptors (Lipinski definition) is 3. The molecule has 1 aliphatic heterocycles. The van der Waals surface area contributed by atoms with Gasteiger partial charge in [-0.3, -0.25) is 4.90 Å². The van der Waals surface area contributed by atoms with Gasteiger partial charge in [0.2, 0.25) is 0 Å². The minimum atomic E-state index is 0.387. The molecule has 0 unspecified atom stereocenters. The number of nitrogens with zero attached hydrogens (tertiary/aromatic N) is 2. The van der Waals surface area contributed by atoms with Crippen LogP contribution >= 0.6 is 0 Å². The van der Waals surface area contributed by atoms with E-state index in [4.69, 9.17) is 10.2 Å². The van der Waals surface area contributed by atoms with Crippen molar-refractivity contribution in [2.24, 2.45) is 10.7 Å². The number of aryl methyl sites for hydroxylation is 1. The van der Waals surface area contributed by atoms with Gasteiger partial charge in [-0.2, -0.15) is 0 Å². The molecular formula is C23H28N4O. The largest absolute Gasteiger partial charge is 0.461 e. The van der Waals surface area contributed by atoms with E-state index in [0.717, 1.165) is 54.8 Å². The van der Waals surface area contributed by atoms with Crippen LogP contribution in [0.2, 0.25) is 0 Å². The fraction of sp³-hybridized carbons (Fsp3) is 0.348. The van der Waals surface area contributed by atoms with Crippen molar-refractivity contribution in [3.8, 4) is 0 Å². The second-order valence-electron chi connectivity index (χ2n) is 7.51. The van der Waals surface area contributed by atoms with E-state index in [-0.39, 0.29) is 0 Å². The summed E-state index contributed by atoms with van der Waals surface area (Å²) in [5.41, 5.74) is 9.56. The highest BCUT2D eigenvalue weighted by atomic mass is 16.3. The monoisotopic (exact) mass is 376 g/mol. The van der Waals surface area contributed by atoms with Crippen LogP contribution in [0.3, 0.4) is 0 Å². The van der Waals surface area contributed by atoms with Gasteiger partial charge in [-0.05, 0) is 31.4 Å². The van der Waals surface area contributed by atoms with Crippen LogP contribution in [-0.4, -0.2) is 30.0 Å². The number of furan rings is 1. The van der Waals surface area contributed by atoms with Gasteiger partial charge in [0.05, 0.1) is 6.54 Å². The molecule has 5 heteroatoms. The molecule has 1 aromatic heterocycles. The summed E-state index contributed by atoms with van der Waals surface area (Å²) in [6.07, 6.45) is 2.16. The lowest BCUT2D eigenvalue weighted by Crippen LogP contribution is -2.46. The van der Waals surface area contributed by atoms with E-state index in [9.17, 15) is 0 Å². The molecule has 0 amide bonds. The Morgan fingerprint density at radius 3 is 2.61 bits per heavy atom. The SMILES string of the molecule is Cc1oc2ccccc2c1CN=C(N)NC1CCN(Cc2ccccc2)CC1. The molecule has 0 spiro atoms. The Balaban J connectivity index is 1.29. The molecule has 28 heavy (non-hydrogen) atoms. The fourth-order valence-electron chi connectivity index (χ4n) is 3.91. The number of likely N-dealkylation sites (tertiary alicyclic amines) is 1. The number of benzene rings is 2. The van der Waals surface area contributed by atoms with E-state index < -0.39 is 0 Å². The number of fused-ring (bicyclic) bond motifs is 1. The lowest BCUT2D eigenvalue weighted by molar-refractivity contribution is 0.199. The first-order chi connectivity index (χ1) is 13.7. The van der Waals surface area contributed by atoms with Crippen LogP contribution in [0, 0.1) is 6.92 Å². The maximum atomic E-state index is 6.17. The van der Waals surface area contributed by atoms with Crippen molar-refractivity contribution in [1.29, 1.82) is 0 Å². The molecule has 0 saturated carbocycles. The summed E-state index contributed by atoms with van der Waals surface area (Å²) in [6, 6.07) is 19.1. The Bertz CT molecular complexity index is 940. The van der Waals surface area contributed by atoms with Crippen LogP contribution in [-0.2, 0) is 13.1 Å². The van der Waals surface area contributed by atoms with Gasteiger partial charge in [0, 0.05) is 36.6 Å². The summed E-state index contributed by atoms with van der Waals surface area (Å²) in [6.45, 7) is 5.69. The number of para-hydroxylation sites is 1. The molecule has 1 saturated heterocycles. The third-order valence-electron chi connectivity index (χ3n) is 5.50. The molecule has 0 aliphatic carbocycles. The van der Waals surface area contributed by atoms with E-state index in [0.29, 0.717) is 18.5 Å². The topological polar surface area (TPSA) is 66.8 Å². The van der Waals surface area contributed by atoms with E-state index in [1.54, 1.807) is 0 Å². The average molecular weight is 377 g/mol. The summed E-state index contributed by atoms with van der Waals surface area (Å²) in [7, 11) is 0. The second kappa shape index (κ2) is 8.48. The summed E-state index contributed by atoms with van der Waals surface area (Å²) in [4.78, 5) is 7.07. The summed E-state index contributed by atoms with van der Waals surface area (Å²) in [5, 5.41) is 4.52. The van der Waals surface area contributed by atoms with Gasteiger partial charge in [0.1, 0.15) is 11.3 Å². The van der Waals surface area contributed by atoms with E-state index in [1.165, 1.54) is 5.56 Å². The number of nitrogens with one attached hydrogen (secondary N) is 1. The van der Waals surface area contributed by atoms with Gasteiger partial charge in [0.15, 0.2) is 5.96 Å². The Hall–Kier alpha value is -2.79.